The fourth-order valence-corrected chi connectivity index (χ4v) is 2.36. The zero-order chi connectivity index (χ0) is 13.1. The molecule has 0 unspecified atom stereocenters. The molecule has 0 aromatic heterocycles. The van der Waals surface area contributed by atoms with E-state index in [1.807, 2.05) is 0 Å². The first kappa shape index (κ1) is 12.8. The van der Waals surface area contributed by atoms with E-state index in [1.54, 1.807) is 0 Å². The van der Waals surface area contributed by atoms with Gasteiger partial charge in [0.2, 0.25) is 0 Å². The Labute approximate surface area is 105 Å². The fourth-order valence-electron chi connectivity index (χ4n) is 2.36. The minimum atomic E-state index is -0.506. The molecule has 1 aliphatic rings. The van der Waals surface area contributed by atoms with Crippen LogP contribution in [0.25, 0.3) is 0 Å². The van der Waals surface area contributed by atoms with Gasteiger partial charge in [-0.3, -0.25) is 10.1 Å². The molecule has 0 amide bonds. The number of hydrogen-bond acceptors (Lipinski definition) is 3. The highest BCUT2D eigenvalue weighted by Crippen LogP contribution is 2.28. The molecule has 1 aromatic carbocycles. The average molecular weight is 252 g/mol. The Bertz CT molecular complexity index is 443. The van der Waals surface area contributed by atoms with Crippen molar-refractivity contribution >= 4 is 11.4 Å². The number of nitrogens with zero attached hydrogens (tertiary/aromatic N) is 1. The highest BCUT2D eigenvalue weighted by molar-refractivity contribution is 5.52. The van der Waals surface area contributed by atoms with Crippen molar-refractivity contribution in [2.24, 2.45) is 5.92 Å². The lowest BCUT2D eigenvalue weighted by molar-refractivity contribution is -0.384. The van der Waals surface area contributed by atoms with Crippen molar-refractivity contribution in [2.75, 3.05) is 5.32 Å². The summed E-state index contributed by atoms with van der Waals surface area (Å²) >= 11 is 0. The lowest BCUT2D eigenvalue weighted by atomic mass is 9.87. The number of hydrogen-bond donors (Lipinski definition) is 1. The second-order valence-corrected chi connectivity index (χ2v) is 5.02. The monoisotopic (exact) mass is 252 g/mol. The Kier molecular flexibility index (Phi) is 3.79. The van der Waals surface area contributed by atoms with E-state index in [1.165, 1.54) is 12.1 Å². The summed E-state index contributed by atoms with van der Waals surface area (Å²) in [6.07, 6.45) is 4.22. The third kappa shape index (κ3) is 2.97. The first-order chi connectivity index (χ1) is 8.56. The van der Waals surface area contributed by atoms with Gasteiger partial charge in [0.1, 0.15) is 5.82 Å². The van der Waals surface area contributed by atoms with Crippen molar-refractivity contribution < 1.29 is 9.31 Å². The predicted molar refractivity (Wildman–Crippen MR) is 68.1 cm³/mol. The van der Waals surface area contributed by atoms with Crippen molar-refractivity contribution in [2.45, 2.75) is 38.6 Å². The molecule has 2 rings (SSSR count). The average Bonchev–Trinajstić information content (AvgIpc) is 2.34. The normalized spacial score (nSPS) is 23.7. The van der Waals surface area contributed by atoms with E-state index in [2.05, 4.69) is 12.2 Å². The van der Waals surface area contributed by atoms with Gasteiger partial charge in [0.15, 0.2) is 0 Å². The van der Waals surface area contributed by atoms with Crippen LogP contribution in [0.3, 0.4) is 0 Å². The summed E-state index contributed by atoms with van der Waals surface area (Å²) in [5.74, 6) is 0.289. The summed E-state index contributed by atoms with van der Waals surface area (Å²) in [5.41, 5.74) is 0.159. The van der Waals surface area contributed by atoms with Crippen molar-refractivity contribution in [1.82, 2.24) is 0 Å². The largest absolute Gasteiger partial charge is 0.380 e. The van der Waals surface area contributed by atoms with Crippen LogP contribution in [-0.2, 0) is 0 Å². The van der Waals surface area contributed by atoms with Gasteiger partial charge in [0.25, 0.3) is 5.69 Å². The fraction of sp³-hybridized carbons (Fsp3) is 0.538. The van der Waals surface area contributed by atoms with Gasteiger partial charge in [0, 0.05) is 18.2 Å². The van der Waals surface area contributed by atoms with Gasteiger partial charge >= 0.3 is 0 Å². The topological polar surface area (TPSA) is 55.2 Å². The minimum absolute atomic E-state index is 0.0805. The molecule has 1 aliphatic carbocycles. The number of anilines is 1. The van der Waals surface area contributed by atoms with Gasteiger partial charge in [-0.2, -0.15) is 0 Å². The molecule has 0 bridgehead atoms. The van der Waals surface area contributed by atoms with Crippen LogP contribution in [0.5, 0.6) is 0 Å². The Morgan fingerprint density at radius 2 is 2.00 bits per heavy atom. The summed E-state index contributed by atoms with van der Waals surface area (Å²) in [4.78, 5) is 10.1. The molecule has 1 N–H and O–H groups in total. The summed E-state index contributed by atoms with van der Waals surface area (Å²) < 4.78 is 13.6. The summed E-state index contributed by atoms with van der Waals surface area (Å²) in [5, 5.41) is 13.7. The second-order valence-electron chi connectivity index (χ2n) is 5.02. The molecule has 0 radical (unpaired) electrons. The number of rotatable bonds is 3. The predicted octanol–water partition coefficient (Wildman–Crippen LogP) is 3.72. The van der Waals surface area contributed by atoms with E-state index in [4.69, 9.17) is 0 Å². The van der Waals surface area contributed by atoms with Crippen molar-refractivity contribution in [3.05, 3.63) is 34.1 Å². The maximum Gasteiger partial charge on any atom is 0.271 e. The Morgan fingerprint density at radius 3 is 2.61 bits per heavy atom. The van der Waals surface area contributed by atoms with Gasteiger partial charge < -0.3 is 5.32 Å². The van der Waals surface area contributed by atoms with E-state index in [9.17, 15) is 14.5 Å². The molecule has 0 aliphatic heterocycles. The van der Waals surface area contributed by atoms with Crippen LogP contribution in [0.4, 0.5) is 15.8 Å². The Morgan fingerprint density at radius 1 is 1.33 bits per heavy atom. The third-order valence-electron chi connectivity index (χ3n) is 3.54. The maximum atomic E-state index is 13.6. The van der Waals surface area contributed by atoms with Crippen LogP contribution in [0.15, 0.2) is 18.2 Å². The number of nitro benzene ring substituents is 1. The molecule has 18 heavy (non-hydrogen) atoms. The van der Waals surface area contributed by atoms with E-state index >= 15 is 0 Å². The summed E-state index contributed by atoms with van der Waals surface area (Å²) in [6.45, 7) is 2.21. The zero-order valence-electron chi connectivity index (χ0n) is 10.4. The number of nitrogens with one attached hydrogen (secondary N) is 1. The van der Waals surface area contributed by atoms with Crippen LogP contribution < -0.4 is 5.32 Å². The van der Waals surface area contributed by atoms with Crippen LogP contribution in [0.2, 0.25) is 0 Å². The second kappa shape index (κ2) is 5.33. The van der Waals surface area contributed by atoms with Crippen molar-refractivity contribution in [3.8, 4) is 0 Å². The zero-order valence-corrected chi connectivity index (χ0v) is 10.4. The molecule has 98 valence electrons. The third-order valence-corrected chi connectivity index (χ3v) is 3.54. The number of halogens is 1. The van der Waals surface area contributed by atoms with Crippen molar-refractivity contribution in [3.63, 3.8) is 0 Å². The molecule has 1 fully saturated rings. The van der Waals surface area contributed by atoms with E-state index in [0.717, 1.165) is 37.7 Å². The Balaban J connectivity index is 2.08. The van der Waals surface area contributed by atoms with Gasteiger partial charge in [-0.05, 0) is 37.7 Å². The van der Waals surface area contributed by atoms with Crippen LogP contribution in [0, 0.1) is 21.8 Å². The highest BCUT2D eigenvalue weighted by Gasteiger charge is 2.20. The van der Waals surface area contributed by atoms with E-state index in [0.29, 0.717) is 0 Å². The SMILES string of the molecule is CC1CCC(Nc2cc([N+](=O)[O-])ccc2F)CC1. The lowest BCUT2D eigenvalue weighted by Crippen LogP contribution is -2.25. The molecular formula is C13H17FN2O2. The number of nitro groups is 1. The number of benzene rings is 1. The molecule has 1 aromatic rings. The highest BCUT2D eigenvalue weighted by atomic mass is 19.1. The van der Waals surface area contributed by atoms with Crippen molar-refractivity contribution in [1.29, 1.82) is 0 Å². The first-order valence-electron chi connectivity index (χ1n) is 6.26. The molecule has 0 saturated heterocycles. The van der Waals surface area contributed by atoms with Gasteiger partial charge in [-0.1, -0.05) is 6.92 Å². The summed E-state index contributed by atoms with van der Waals surface area (Å²) in [6, 6.07) is 3.82. The summed E-state index contributed by atoms with van der Waals surface area (Å²) in [7, 11) is 0. The molecule has 0 spiro atoms. The molecule has 1 saturated carbocycles. The minimum Gasteiger partial charge on any atom is -0.380 e. The van der Waals surface area contributed by atoms with Gasteiger partial charge in [-0.25, -0.2) is 4.39 Å². The van der Waals surface area contributed by atoms with Crippen LogP contribution in [0.1, 0.15) is 32.6 Å². The maximum absolute atomic E-state index is 13.6. The molecule has 0 atom stereocenters. The first-order valence-corrected chi connectivity index (χ1v) is 6.26. The smallest absolute Gasteiger partial charge is 0.271 e. The molecule has 5 heteroatoms. The van der Waals surface area contributed by atoms with Gasteiger partial charge in [-0.15, -0.1) is 0 Å². The standard InChI is InChI=1S/C13H17FN2O2/c1-9-2-4-10(5-3-9)15-13-8-11(16(17)18)6-7-12(13)14/h6-10,15H,2-5H2,1H3. The van der Waals surface area contributed by atoms with E-state index in [-0.39, 0.29) is 17.4 Å². The molecule has 4 nitrogen and oxygen atoms in total. The Hall–Kier alpha value is -1.65. The van der Waals surface area contributed by atoms with Crippen LogP contribution in [-0.4, -0.2) is 11.0 Å². The molecular weight excluding hydrogens is 235 g/mol. The lowest BCUT2D eigenvalue weighted by Gasteiger charge is -2.27. The van der Waals surface area contributed by atoms with Crippen LogP contribution >= 0.6 is 0 Å². The number of non-ortho nitro benzene ring substituents is 1. The molecule has 0 heterocycles. The van der Waals surface area contributed by atoms with Gasteiger partial charge in [0.05, 0.1) is 10.6 Å². The van der Waals surface area contributed by atoms with E-state index < -0.39 is 10.7 Å². The quantitative estimate of drug-likeness (QED) is 0.658.